The summed E-state index contributed by atoms with van der Waals surface area (Å²) in [6.45, 7) is 3.56. The molecule has 0 saturated heterocycles. The Morgan fingerprint density at radius 2 is 1.86 bits per heavy atom. The van der Waals surface area contributed by atoms with Gasteiger partial charge in [0.1, 0.15) is 0 Å². The van der Waals surface area contributed by atoms with Crippen LogP contribution in [0.4, 0.5) is 0 Å². The van der Waals surface area contributed by atoms with E-state index < -0.39 is 15.9 Å². The summed E-state index contributed by atoms with van der Waals surface area (Å²) in [4.78, 5) is 12.1. The summed E-state index contributed by atoms with van der Waals surface area (Å²) in [5, 5.41) is 0. The number of fused-ring (bicyclic) bond motifs is 1. The van der Waals surface area contributed by atoms with E-state index in [4.69, 9.17) is 0 Å². The number of aryl methyl sites for hydroxylation is 1. The molecule has 0 saturated carbocycles. The zero-order valence-electron chi connectivity index (χ0n) is 7.04. The Balaban J connectivity index is 0.000000980. The average molecular weight is 241 g/mol. The van der Waals surface area contributed by atoms with E-state index in [0.717, 1.165) is 21.8 Å². The van der Waals surface area contributed by atoms with Crippen LogP contribution in [-0.4, -0.2) is 43.9 Å². The van der Waals surface area contributed by atoms with Crippen LogP contribution in [0, 0.1) is 13.8 Å². The normalized spacial score (nSPS) is 17.1. The van der Waals surface area contributed by atoms with Gasteiger partial charge in [-0.25, -0.2) is 13.1 Å². The van der Waals surface area contributed by atoms with Crippen molar-refractivity contribution in [2.75, 3.05) is 0 Å². The molecule has 1 aromatic heterocycles. The zero-order chi connectivity index (χ0) is 9.80. The molecule has 0 fully saturated rings. The molecule has 1 amide bonds. The number of carbonyl (C=O) groups excluding carboxylic acids is 1. The fourth-order valence-corrected chi connectivity index (χ4v) is 4.04. The summed E-state index contributed by atoms with van der Waals surface area (Å²) in [5.74, 6) is -0.503. The molecule has 7 heteroatoms. The van der Waals surface area contributed by atoms with Crippen molar-refractivity contribution in [1.29, 1.82) is 0 Å². The van der Waals surface area contributed by atoms with Crippen molar-refractivity contribution in [3.8, 4) is 0 Å². The zero-order valence-corrected chi connectivity index (χ0v) is 8.67. The summed E-state index contributed by atoms with van der Waals surface area (Å²) in [6.07, 6.45) is 0. The van der Waals surface area contributed by atoms with Crippen molar-refractivity contribution >= 4 is 56.8 Å². The van der Waals surface area contributed by atoms with Gasteiger partial charge in [-0.3, -0.25) is 4.79 Å². The van der Waals surface area contributed by atoms with E-state index in [1.165, 1.54) is 0 Å². The van der Waals surface area contributed by atoms with Crippen LogP contribution in [0.5, 0.6) is 0 Å². The van der Waals surface area contributed by atoms with Gasteiger partial charge in [-0.15, -0.1) is 11.3 Å². The van der Waals surface area contributed by atoms with Crippen LogP contribution in [0.3, 0.4) is 0 Å². The van der Waals surface area contributed by atoms with Gasteiger partial charge < -0.3 is 0 Å². The first-order valence-corrected chi connectivity index (χ1v) is 5.90. The van der Waals surface area contributed by atoms with Crippen LogP contribution in [0.1, 0.15) is 20.8 Å². The van der Waals surface area contributed by atoms with Gasteiger partial charge in [-0.05, 0) is 19.4 Å². The standard InChI is InChI=1S/C7H7NO3S2.Na.H/c1-3-4(2)12-7-5(3)6(9)8-13(7,10)11;;/h1-2H3,(H,8,9);;. The van der Waals surface area contributed by atoms with Crippen molar-refractivity contribution in [3.05, 3.63) is 16.0 Å². The van der Waals surface area contributed by atoms with Crippen LogP contribution in [-0.2, 0) is 10.0 Å². The van der Waals surface area contributed by atoms with Gasteiger partial charge in [0.15, 0.2) is 4.21 Å². The van der Waals surface area contributed by atoms with E-state index in [0.29, 0.717) is 5.56 Å². The summed E-state index contributed by atoms with van der Waals surface area (Å²) in [6, 6.07) is 0. The van der Waals surface area contributed by atoms with Gasteiger partial charge >= 0.3 is 29.6 Å². The molecule has 0 unspecified atom stereocenters. The Kier molecular flexibility index (Phi) is 3.14. The second kappa shape index (κ2) is 3.61. The van der Waals surface area contributed by atoms with E-state index in [-0.39, 0.29) is 33.8 Å². The molecule has 0 spiro atoms. The Labute approximate surface area is 108 Å². The summed E-state index contributed by atoms with van der Waals surface area (Å²) in [5.41, 5.74) is 1.08. The first kappa shape index (κ1) is 12.2. The van der Waals surface area contributed by atoms with E-state index in [1.807, 2.05) is 4.72 Å². The third-order valence-corrected chi connectivity index (χ3v) is 5.11. The average Bonchev–Trinajstić information content (AvgIpc) is 2.38. The van der Waals surface area contributed by atoms with Crippen molar-refractivity contribution in [2.45, 2.75) is 18.1 Å². The fourth-order valence-electron chi connectivity index (χ4n) is 1.27. The van der Waals surface area contributed by atoms with Crippen molar-refractivity contribution in [3.63, 3.8) is 0 Å². The summed E-state index contributed by atoms with van der Waals surface area (Å²) in [7, 11) is -3.54. The second-order valence-corrected chi connectivity index (χ2v) is 5.98. The molecule has 1 N–H and O–H groups in total. The number of amides is 1. The van der Waals surface area contributed by atoms with Crippen LogP contribution in [0.15, 0.2) is 4.21 Å². The van der Waals surface area contributed by atoms with Crippen molar-refractivity contribution in [2.24, 2.45) is 0 Å². The molecule has 0 bridgehead atoms. The molecule has 4 nitrogen and oxygen atoms in total. The molecule has 1 aromatic rings. The molecule has 2 heterocycles. The maximum atomic E-state index is 11.3. The number of thiophene rings is 1. The predicted octanol–water partition coefficient (Wildman–Crippen LogP) is 0.149. The Hall–Kier alpha value is 0.120. The van der Waals surface area contributed by atoms with E-state index >= 15 is 0 Å². The van der Waals surface area contributed by atoms with Gasteiger partial charge in [0.25, 0.3) is 15.9 Å². The minimum atomic E-state index is -3.54. The number of sulfonamides is 1. The summed E-state index contributed by atoms with van der Waals surface area (Å²) >= 11 is 1.14. The molecular formula is C7H8NNaO3S2. The number of hydrogen-bond donors (Lipinski definition) is 1. The molecule has 14 heavy (non-hydrogen) atoms. The van der Waals surface area contributed by atoms with E-state index in [9.17, 15) is 13.2 Å². The number of carbonyl (C=O) groups is 1. The number of rotatable bonds is 0. The van der Waals surface area contributed by atoms with Gasteiger partial charge in [0.05, 0.1) is 5.56 Å². The molecule has 0 radical (unpaired) electrons. The van der Waals surface area contributed by atoms with Crippen molar-refractivity contribution in [1.82, 2.24) is 4.72 Å². The first-order valence-electron chi connectivity index (χ1n) is 3.60. The molecular weight excluding hydrogens is 233 g/mol. The van der Waals surface area contributed by atoms with E-state index in [1.54, 1.807) is 13.8 Å². The van der Waals surface area contributed by atoms with Crippen LogP contribution >= 0.6 is 11.3 Å². The minimum absolute atomic E-state index is 0. The molecule has 1 aliphatic rings. The Morgan fingerprint density at radius 3 is 2.36 bits per heavy atom. The maximum absolute atomic E-state index is 11.3. The molecule has 0 aliphatic carbocycles. The molecule has 72 valence electrons. The first-order chi connectivity index (χ1) is 5.93. The third-order valence-electron chi connectivity index (χ3n) is 2.05. The van der Waals surface area contributed by atoms with Crippen LogP contribution in [0.2, 0.25) is 0 Å². The number of nitrogens with one attached hydrogen (secondary N) is 1. The van der Waals surface area contributed by atoms with Gasteiger partial charge in [0, 0.05) is 4.88 Å². The SMILES string of the molecule is Cc1sc2c(c1C)C(=O)NS2(=O)=O.[NaH]. The third kappa shape index (κ3) is 1.55. The Morgan fingerprint density at radius 1 is 1.29 bits per heavy atom. The molecule has 1 aliphatic heterocycles. The fraction of sp³-hybridized carbons (Fsp3) is 0.286. The van der Waals surface area contributed by atoms with E-state index in [2.05, 4.69) is 0 Å². The van der Waals surface area contributed by atoms with Gasteiger partial charge in [-0.2, -0.15) is 0 Å². The summed E-state index contributed by atoms with van der Waals surface area (Å²) < 4.78 is 24.7. The van der Waals surface area contributed by atoms with Crippen LogP contribution in [0.25, 0.3) is 0 Å². The predicted molar refractivity (Wildman–Crippen MR) is 55.6 cm³/mol. The van der Waals surface area contributed by atoms with Gasteiger partial charge in [0.2, 0.25) is 0 Å². The molecule has 0 atom stereocenters. The molecule has 2 rings (SSSR count). The topological polar surface area (TPSA) is 63.2 Å². The quantitative estimate of drug-likeness (QED) is 0.658. The van der Waals surface area contributed by atoms with Gasteiger partial charge in [-0.1, -0.05) is 0 Å². The number of hydrogen-bond acceptors (Lipinski definition) is 4. The Bertz CT molecular complexity index is 503. The van der Waals surface area contributed by atoms with Crippen molar-refractivity contribution < 1.29 is 13.2 Å². The molecule has 0 aromatic carbocycles. The van der Waals surface area contributed by atoms with Crippen LogP contribution < -0.4 is 4.72 Å². The monoisotopic (exact) mass is 241 g/mol. The second-order valence-electron chi connectivity index (χ2n) is 2.88.